The highest BCUT2D eigenvalue weighted by atomic mass is 32.2. The molecule has 1 aliphatic heterocycles. The van der Waals surface area contributed by atoms with E-state index in [4.69, 9.17) is 0 Å². The lowest BCUT2D eigenvalue weighted by Crippen LogP contribution is -2.41. The quantitative estimate of drug-likeness (QED) is 0.716. The topological polar surface area (TPSA) is 29.1 Å². The summed E-state index contributed by atoms with van der Waals surface area (Å²) in [6.07, 6.45) is 1.33. The molecule has 2 nitrogen and oxygen atoms in total. The Balaban J connectivity index is 2.04. The van der Waals surface area contributed by atoms with Crippen molar-refractivity contribution in [2.75, 3.05) is 12.3 Å². The molecular weight excluding hydrogens is 194 g/mol. The van der Waals surface area contributed by atoms with E-state index in [1.165, 1.54) is 6.42 Å². The SMILES string of the molecule is CC1CNC(C2CC2C)C(C)S(=O)C1. The highest BCUT2D eigenvalue weighted by Crippen LogP contribution is 2.42. The molecule has 2 fully saturated rings. The van der Waals surface area contributed by atoms with Crippen molar-refractivity contribution < 1.29 is 4.21 Å². The molecular formula is C11H21NOS. The summed E-state index contributed by atoms with van der Waals surface area (Å²) in [5.41, 5.74) is 0. The van der Waals surface area contributed by atoms with E-state index in [-0.39, 0.29) is 0 Å². The third kappa shape index (κ3) is 2.03. The fourth-order valence-electron chi connectivity index (χ4n) is 2.51. The standard InChI is InChI=1S/C11H21NOS/c1-7-5-12-11(10-4-8(10)2)9(3)14(13)6-7/h7-12H,4-6H2,1-3H3. The molecule has 0 aromatic carbocycles. The van der Waals surface area contributed by atoms with E-state index in [9.17, 15) is 4.21 Å². The minimum Gasteiger partial charge on any atom is -0.312 e. The lowest BCUT2D eigenvalue weighted by molar-refractivity contribution is 0.424. The molecule has 1 aliphatic carbocycles. The van der Waals surface area contributed by atoms with Crippen molar-refractivity contribution in [3.8, 4) is 0 Å². The summed E-state index contributed by atoms with van der Waals surface area (Å²) in [6.45, 7) is 7.69. The van der Waals surface area contributed by atoms with E-state index in [0.29, 0.717) is 17.2 Å². The molecule has 0 bridgehead atoms. The lowest BCUT2D eigenvalue weighted by Gasteiger charge is -2.21. The highest BCUT2D eigenvalue weighted by molar-refractivity contribution is 7.85. The van der Waals surface area contributed by atoms with Gasteiger partial charge in [0.15, 0.2) is 0 Å². The van der Waals surface area contributed by atoms with Crippen LogP contribution in [0.15, 0.2) is 0 Å². The van der Waals surface area contributed by atoms with Crippen LogP contribution in [0.2, 0.25) is 0 Å². The summed E-state index contributed by atoms with van der Waals surface area (Å²) in [5.74, 6) is 3.09. The van der Waals surface area contributed by atoms with Crippen LogP contribution in [0.4, 0.5) is 0 Å². The van der Waals surface area contributed by atoms with Crippen LogP contribution in [0.3, 0.4) is 0 Å². The van der Waals surface area contributed by atoms with Gasteiger partial charge in [0.2, 0.25) is 0 Å². The Morgan fingerprint density at radius 2 is 1.93 bits per heavy atom. The van der Waals surface area contributed by atoms with Gasteiger partial charge in [-0.25, -0.2) is 0 Å². The van der Waals surface area contributed by atoms with Crippen molar-refractivity contribution in [3.63, 3.8) is 0 Å². The molecule has 82 valence electrons. The summed E-state index contributed by atoms with van der Waals surface area (Å²) in [4.78, 5) is 0. The summed E-state index contributed by atoms with van der Waals surface area (Å²) in [5, 5.41) is 3.95. The van der Waals surface area contributed by atoms with E-state index < -0.39 is 10.8 Å². The van der Waals surface area contributed by atoms with E-state index in [1.807, 2.05) is 0 Å². The van der Waals surface area contributed by atoms with Crippen LogP contribution < -0.4 is 5.32 Å². The van der Waals surface area contributed by atoms with Crippen molar-refractivity contribution >= 4 is 10.8 Å². The largest absolute Gasteiger partial charge is 0.312 e. The van der Waals surface area contributed by atoms with Gasteiger partial charge < -0.3 is 5.32 Å². The van der Waals surface area contributed by atoms with Crippen molar-refractivity contribution in [3.05, 3.63) is 0 Å². The zero-order valence-corrected chi connectivity index (χ0v) is 10.1. The average Bonchev–Trinajstić information content (AvgIpc) is 2.82. The van der Waals surface area contributed by atoms with Gasteiger partial charge in [-0.3, -0.25) is 4.21 Å². The van der Waals surface area contributed by atoms with E-state index in [1.54, 1.807) is 0 Å². The molecule has 0 spiro atoms. The van der Waals surface area contributed by atoms with Crippen LogP contribution in [0, 0.1) is 17.8 Å². The van der Waals surface area contributed by atoms with Gasteiger partial charge in [-0.05, 0) is 37.6 Å². The fourth-order valence-corrected chi connectivity index (χ4v) is 4.12. The third-order valence-electron chi connectivity index (χ3n) is 3.70. The highest BCUT2D eigenvalue weighted by Gasteiger charge is 2.44. The Hall–Kier alpha value is 0.110. The van der Waals surface area contributed by atoms with Crippen molar-refractivity contribution in [1.29, 1.82) is 0 Å². The first-order valence-corrected chi connectivity index (χ1v) is 7.08. The Bertz CT molecular complexity index is 243. The van der Waals surface area contributed by atoms with Crippen LogP contribution in [0.25, 0.3) is 0 Å². The molecule has 0 aromatic heterocycles. The van der Waals surface area contributed by atoms with Gasteiger partial charge in [0, 0.05) is 27.8 Å². The molecule has 6 unspecified atom stereocenters. The molecule has 14 heavy (non-hydrogen) atoms. The molecule has 1 saturated heterocycles. The van der Waals surface area contributed by atoms with Gasteiger partial charge in [0.05, 0.1) is 0 Å². The van der Waals surface area contributed by atoms with Gasteiger partial charge in [-0.2, -0.15) is 0 Å². The predicted octanol–water partition coefficient (Wildman–Crippen LogP) is 1.39. The summed E-state index contributed by atoms with van der Waals surface area (Å²) in [6, 6.07) is 0.510. The van der Waals surface area contributed by atoms with Crippen LogP contribution in [-0.4, -0.2) is 27.8 Å². The van der Waals surface area contributed by atoms with Crippen LogP contribution >= 0.6 is 0 Å². The molecule has 1 N–H and O–H groups in total. The van der Waals surface area contributed by atoms with E-state index in [0.717, 1.165) is 24.1 Å². The normalized spacial score (nSPS) is 53.9. The molecule has 1 heterocycles. The molecule has 3 heteroatoms. The lowest BCUT2D eigenvalue weighted by atomic mass is 10.1. The van der Waals surface area contributed by atoms with Gasteiger partial charge in [0.1, 0.15) is 0 Å². The predicted molar refractivity (Wildman–Crippen MR) is 60.7 cm³/mol. The molecule has 6 atom stereocenters. The number of nitrogens with one attached hydrogen (secondary N) is 1. The minimum atomic E-state index is -0.620. The minimum absolute atomic E-state index is 0.342. The van der Waals surface area contributed by atoms with Crippen molar-refractivity contribution in [2.24, 2.45) is 17.8 Å². The molecule has 2 rings (SSSR count). The maximum absolute atomic E-state index is 11.9. The molecule has 1 saturated carbocycles. The first-order chi connectivity index (χ1) is 6.59. The van der Waals surface area contributed by atoms with Gasteiger partial charge in [0.25, 0.3) is 0 Å². The molecule has 2 aliphatic rings. The molecule has 0 amide bonds. The Labute approximate surface area is 89.3 Å². The number of rotatable bonds is 1. The second-order valence-electron chi connectivity index (χ2n) is 5.17. The number of hydrogen-bond donors (Lipinski definition) is 1. The Kier molecular flexibility index (Phi) is 2.98. The van der Waals surface area contributed by atoms with E-state index >= 15 is 0 Å². The van der Waals surface area contributed by atoms with E-state index in [2.05, 4.69) is 26.1 Å². The van der Waals surface area contributed by atoms with Crippen LogP contribution in [-0.2, 0) is 10.8 Å². The maximum Gasteiger partial charge on any atom is 0.0475 e. The van der Waals surface area contributed by atoms with Gasteiger partial charge >= 0.3 is 0 Å². The molecule has 0 aromatic rings. The summed E-state index contributed by atoms with van der Waals surface area (Å²) in [7, 11) is -0.620. The first-order valence-electron chi connectivity index (χ1n) is 5.70. The van der Waals surface area contributed by atoms with Crippen molar-refractivity contribution in [2.45, 2.75) is 38.5 Å². The summed E-state index contributed by atoms with van der Waals surface area (Å²) < 4.78 is 11.9. The second-order valence-corrected chi connectivity index (χ2v) is 7.01. The average molecular weight is 215 g/mol. The first kappa shape index (κ1) is 10.6. The monoisotopic (exact) mass is 215 g/mol. The third-order valence-corrected chi connectivity index (χ3v) is 5.72. The van der Waals surface area contributed by atoms with Gasteiger partial charge in [-0.1, -0.05) is 13.8 Å². The molecule has 0 radical (unpaired) electrons. The van der Waals surface area contributed by atoms with Crippen LogP contribution in [0.5, 0.6) is 0 Å². The maximum atomic E-state index is 11.9. The Morgan fingerprint density at radius 1 is 1.29 bits per heavy atom. The van der Waals surface area contributed by atoms with Gasteiger partial charge in [-0.15, -0.1) is 0 Å². The smallest absolute Gasteiger partial charge is 0.0475 e. The fraction of sp³-hybridized carbons (Fsp3) is 1.00. The zero-order chi connectivity index (χ0) is 10.3. The zero-order valence-electron chi connectivity index (χ0n) is 9.32. The number of hydrogen-bond acceptors (Lipinski definition) is 2. The van der Waals surface area contributed by atoms with Crippen molar-refractivity contribution in [1.82, 2.24) is 5.32 Å². The Morgan fingerprint density at radius 3 is 2.50 bits per heavy atom. The second kappa shape index (κ2) is 3.93. The van der Waals surface area contributed by atoms with Crippen LogP contribution in [0.1, 0.15) is 27.2 Å². The summed E-state index contributed by atoms with van der Waals surface area (Å²) >= 11 is 0.